The van der Waals surface area contributed by atoms with E-state index in [0.717, 1.165) is 24.0 Å². The summed E-state index contributed by atoms with van der Waals surface area (Å²) in [6, 6.07) is 6.58. The number of nitrogen functional groups attached to an aromatic ring is 1. The third-order valence-electron chi connectivity index (χ3n) is 3.82. The summed E-state index contributed by atoms with van der Waals surface area (Å²) in [6.45, 7) is 6.74. The fourth-order valence-electron chi connectivity index (χ4n) is 2.50. The van der Waals surface area contributed by atoms with E-state index in [1.165, 1.54) is 19.4 Å². The van der Waals surface area contributed by atoms with E-state index in [0.29, 0.717) is 6.04 Å². The molecule has 0 aliphatic carbocycles. The van der Waals surface area contributed by atoms with Crippen LogP contribution in [0.3, 0.4) is 0 Å². The number of hydrazine groups is 1. The molecule has 3 N–H and O–H groups in total. The maximum atomic E-state index is 5.38. The molecule has 1 aliphatic rings. The molecule has 0 radical (unpaired) electrons. The Morgan fingerprint density at radius 1 is 1.47 bits per heavy atom. The van der Waals surface area contributed by atoms with Gasteiger partial charge in [-0.2, -0.15) is 0 Å². The number of pyridine rings is 1. The molecule has 1 saturated heterocycles. The largest absolute Gasteiger partial charge is 0.308 e. The van der Waals surface area contributed by atoms with E-state index in [-0.39, 0.29) is 0 Å². The molecule has 2 atom stereocenters. The molecule has 0 bridgehead atoms. The first kappa shape index (κ1) is 12.3. The van der Waals surface area contributed by atoms with Gasteiger partial charge < -0.3 is 5.43 Å². The van der Waals surface area contributed by atoms with Gasteiger partial charge in [-0.15, -0.1) is 0 Å². The zero-order chi connectivity index (χ0) is 12.3. The van der Waals surface area contributed by atoms with Gasteiger partial charge in [0.2, 0.25) is 0 Å². The number of piperidine rings is 1. The standard InChI is InChI=1S/C13H22N4/c1-10-5-4-8-17(11(10)2)9-12-6-3-7-13(15-12)16-14/h3,6-7,10-11H,4-5,8-9,14H2,1-2H3,(H,15,16). The monoisotopic (exact) mass is 234 g/mol. The minimum absolute atomic E-state index is 0.639. The molecule has 94 valence electrons. The smallest absolute Gasteiger partial charge is 0.140 e. The second-order valence-corrected chi connectivity index (χ2v) is 4.99. The van der Waals surface area contributed by atoms with Gasteiger partial charge in [-0.3, -0.25) is 4.90 Å². The van der Waals surface area contributed by atoms with Crippen LogP contribution in [0.4, 0.5) is 5.82 Å². The second-order valence-electron chi connectivity index (χ2n) is 4.99. The molecule has 0 spiro atoms. The van der Waals surface area contributed by atoms with Gasteiger partial charge in [0.05, 0.1) is 5.69 Å². The average Bonchev–Trinajstić information content (AvgIpc) is 2.35. The maximum Gasteiger partial charge on any atom is 0.140 e. The van der Waals surface area contributed by atoms with Gasteiger partial charge in [0.15, 0.2) is 0 Å². The molecule has 2 rings (SSSR count). The molecule has 2 unspecified atom stereocenters. The van der Waals surface area contributed by atoms with Crippen molar-refractivity contribution in [1.82, 2.24) is 9.88 Å². The normalized spacial score (nSPS) is 25.8. The van der Waals surface area contributed by atoms with Crippen LogP contribution in [-0.4, -0.2) is 22.5 Å². The number of hydrogen-bond donors (Lipinski definition) is 2. The highest BCUT2D eigenvalue weighted by molar-refractivity contribution is 5.33. The van der Waals surface area contributed by atoms with Crippen molar-refractivity contribution >= 4 is 5.82 Å². The van der Waals surface area contributed by atoms with Gasteiger partial charge in [-0.05, 0) is 44.4 Å². The Hall–Kier alpha value is -1.13. The first-order chi connectivity index (χ1) is 8.20. The molecule has 0 amide bonds. The summed E-state index contributed by atoms with van der Waals surface area (Å²) in [7, 11) is 0. The predicted molar refractivity (Wildman–Crippen MR) is 70.3 cm³/mol. The number of anilines is 1. The fraction of sp³-hybridized carbons (Fsp3) is 0.615. The van der Waals surface area contributed by atoms with Crippen molar-refractivity contribution in [2.45, 2.75) is 39.3 Å². The second kappa shape index (κ2) is 5.47. The Balaban J connectivity index is 2.04. The van der Waals surface area contributed by atoms with E-state index in [1.807, 2.05) is 12.1 Å². The number of rotatable bonds is 3. The molecule has 4 heteroatoms. The molecule has 0 saturated carbocycles. The van der Waals surface area contributed by atoms with Crippen molar-refractivity contribution in [3.05, 3.63) is 23.9 Å². The van der Waals surface area contributed by atoms with E-state index in [4.69, 9.17) is 5.84 Å². The average molecular weight is 234 g/mol. The lowest BCUT2D eigenvalue weighted by Crippen LogP contribution is -2.41. The Labute approximate surface area is 103 Å². The van der Waals surface area contributed by atoms with Gasteiger partial charge in [0.25, 0.3) is 0 Å². The van der Waals surface area contributed by atoms with E-state index >= 15 is 0 Å². The van der Waals surface area contributed by atoms with Gasteiger partial charge in [-0.25, -0.2) is 10.8 Å². The molecule has 1 aromatic heterocycles. The summed E-state index contributed by atoms with van der Waals surface area (Å²) in [6.07, 6.45) is 2.63. The summed E-state index contributed by atoms with van der Waals surface area (Å²) in [4.78, 5) is 6.98. The number of aromatic nitrogens is 1. The number of nitrogens with two attached hydrogens (primary N) is 1. The Kier molecular flexibility index (Phi) is 3.97. The van der Waals surface area contributed by atoms with Crippen molar-refractivity contribution in [3.63, 3.8) is 0 Å². The number of likely N-dealkylation sites (tertiary alicyclic amines) is 1. The van der Waals surface area contributed by atoms with Crippen LogP contribution >= 0.6 is 0 Å². The van der Waals surface area contributed by atoms with E-state index in [1.54, 1.807) is 0 Å². The number of hydrogen-bond acceptors (Lipinski definition) is 4. The summed E-state index contributed by atoms with van der Waals surface area (Å²) in [5, 5.41) is 0. The SMILES string of the molecule is CC1CCCN(Cc2cccc(NN)n2)C1C. The molecular formula is C13H22N4. The first-order valence-electron chi connectivity index (χ1n) is 6.37. The Morgan fingerprint density at radius 2 is 2.29 bits per heavy atom. The highest BCUT2D eigenvalue weighted by Crippen LogP contribution is 2.24. The van der Waals surface area contributed by atoms with Crippen LogP contribution < -0.4 is 11.3 Å². The summed E-state index contributed by atoms with van der Waals surface area (Å²) < 4.78 is 0. The van der Waals surface area contributed by atoms with Crippen LogP contribution in [0.15, 0.2) is 18.2 Å². The van der Waals surface area contributed by atoms with Crippen LogP contribution in [0.25, 0.3) is 0 Å². The van der Waals surface area contributed by atoms with Crippen molar-refractivity contribution in [3.8, 4) is 0 Å². The van der Waals surface area contributed by atoms with Gasteiger partial charge in [-0.1, -0.05) is 13.0 Å². The highest BCUT2D eigenvalue weighted by Gasteiger charge is 2.24. The summed E-state index contributed by atoms with van der Waals surface area (Å²) in [5.74, 6) is 6.89. The van der Waals surface area contributed by atoms with Gasteiger partial charge in [0, 0.05) is 12.6 Å². The lowest BCUT2D eigenvalue weighted by Gasteiger charge is -2.37. The highest BCUT2D eigenvalue weighted by atomic mass is 15.3. The van der Waals surface area contributed by atoms with Crippen LogP contribution in [0.2, 0.25) is 0 Å². The minimum Gasteiger partial charge on any atom is -0.308 e. The van der Waals surface area contributed by atoms with Crippen LogP contribution in [-0.2, 0) is 6.54 Å². The number of nitrogens with zero attached hydrogens (tertiary/aromatic N) is 2. The van der Waals surface area contributed by atoms with E-state index < -0.39 is 0 Å². The fourth-order valence-corrected chi connectivity index (χ4v) is 2.50. The van der Waals surface area contributed by atoms with Gasteiger partial charge in [0.1, 0.15) is 5.82 Å². The third kappa shape index (κ3) is 2.96. The predicted octanol–water partition coefficient (Wildman–Crippen LogP) is 1.99. The lowest BCUT2D eigenvalue weighted by atomic mass is 9.92. The Bertz CT molecular complexity index is 366. The Morgan fingerprint density at radius 3 is 3.06 bits per heavy atom. The molecule has 0 aromatic carbocycles. The first-order valence-corrected chi connectivity index (χ1v) is 6.37. The lowest BCUT2D eigenvalue weighted by molar-refractivity contribution is 0.105. The molecule has 2 heterocycles. The maximum absolute atomic E-state index is 5.38. The molecular weight excluding hydrogens is 212 g/mol. The third-order valence-corrected chi connectivity index (χ3v) is 3.82. The zero-order valence-corrected chi connectivity index (χ0v) is 10.7. The molecule has 1 fully saturated rings. The molecule has 4 nitrogen and oxygen atoms in total. The van der Waals surface area contributed by atoms with Crippen LogP contribution in [0, 0.1) is 5.92 Å². The zero-order valence-electron chi connectivity index (χ0n) is 10.7. The topological polar surface area (TPSA) is 54.2 Å². The van der Waals surface area contributed by atoms with Crippen molar-refractivity contribution < 1.29 is 0 Å². The summed E-state index contributed by atoms with van der Waals surface area (Å²) in [5.41, 5.74) is 3.68. The van der Waals surface area contributed by atoms with Crippen LogP contribution in [0.1, 0.15) is 32.4 Å². The quantitative estimate of drug-likeness (QED) is 0.620. The molecule has 1 aromatic rings. The molecule has 1 aliphatic heterocycles. The van der Waals surface area contributed by atoms with Crippen LogP contribution in [0.5, 0.6) is 0 Å². The number of nitrogens with one attached hydrogen (secondary N) is 1. The van der Waals surface area contributed by atoms with Crippen molar-refractivity contribution in [1.29, 1.82) is 0 Å². The van der Waals surface area contributed by atoms with E-state index in [2.05, 4.69) is 35.2 Å². The van der Waals surface area contributed by atoms with Crippen molar-refractivity contribution in [2.24, 2.45) is 11.8 Å². The molecule has 17 heavy (non-hydrogen) atoms. The minimum atomic E-state index is 0.639. The van der Waals surface area contributed by atoms with Crippen molar-refractivity contribution in [2.75, 3.05) is 12.0 Å². The summed E-state index contributed by atoms with van der Waals surface area (Å²) >= 11 is 0. The van der Waals surface area contributed by atoms with E-state index in [9.17, 15) is 0 Å². The van der Waals surface area contributed by atoms with Gasteiger partial charge >= 0.3 is 0 Å².